The molecule has 1 unspecified atom stereocenters. The second kappa shape index (κ2) is 9.48. The van der Waals surface area contributed by atoms with E-state index in [9.17, 15) is 0 Å². The van der Waals surface area contributed by atoms with Crippen LogP contribution in [0.4, 0.5) is 0 Å². The van der Waals surface area contributed by atoms with Gasteiger partial charge in [-0.2, -0.15) is 0 Å². The van der Waals surface area contributed by atoms with Gasteiger partial charge in [-0.3, -0.25) is 9.88 Å². The molecule has 1 aromatic heterocycles. The van der Waals surface area contributed by atoms with Crippen molar-refractivity contribution in [1.29, 1.82) is 0 Å². The normalized spacial score (nSPS) is 17.0. The molecule has 2 heterocycles. The first-order valence-electron chi connectivity index (χ1n) is 10.3. The molecule has 1 atom stereocenters. The van der Waals surface area contributed by atoms with Crippen LogP contribution in [-0.4, -0.2) is 23.0 Å². The van der Waals surface area contributed by atoms with Gasteiger partial charge >= 0.3 is 0 Å². The monoisotopic (exact) mass is 368 g/mol. The minimum Gasteiger partial charge on any atom is -0.292 e. The number of rotatable bonds is 6. The maximum absolute atomic E-state index is 4.66. The van der Waals surface area contributed by atoms with Crippen molar-refractivity contribution in [3.8, 4) is 0 Å². The average molecular weight is 369 g/mol. The van der Waals surface area contributed by atoms with Gasteiger partial charge in [0, 0.05) is 6.20 Å². The molecular weight excluding hydrogens is 340 g/mol. The van der Waals surface area contributed by atoms with Gasteiger partial charge in [-0.1, -0.05) is 78.9 Å². The van der Waals surface area contributed by atoms with E-state index in [2.05, 4.69) is 94.8 Å². The number of likely N-dealkylation sites (tertiary alicyclic amines) is 1. The molecule has 0 amide bonds. The highest BCUT2D eigenvalue weighted by atomic mass is 15.2. The standard InChI is InChI=1S/C26H28N2/c1-3-9-22(10-4-1)14-15-26(25-13-7-8-18-27-25)28-19-16-24(17-20-28)21-23-11-5-2-6-12-23/h1-15,18,24,26H,16-17,19-21H2/b15-14+. The van der Waals surface area contributed by atoms with Crippen molar-refractivity contribution in [1.82, 2.24) is 9.88 Å². The van der Waals surface area contributed by atoms with Crippen LogP contribution in [0.15, 0.2) is 91.1 Å². The lowest BCUT2D eigenvalue weighted by molar-refractivity contribution is 0.153. The van der Waals surface area contributed by atoms with Gasteiger partial charge in [-0.25, -0.2) is 0 Å². The maximum atomic E-state index is 4.66. The van der Waals surface area contributed by atoms with E-state index in [4.69, 9.17) is 0 Å². The molecule has 0 radical (unpaired) electrons. The molecule has 2 aromatic carbocycles. The van der Waals surface area contributed by atoms with Crippen LogP contribution < -0.4 is 0 Å². The highest BCUT2D eigenvalue weighted by Gasteiger charge is 2.25. The van der Waals surface area contributed by atoms with Crippen molar-refractivity contribution < 1.29 is 0 Å². The Kier molecular flexibility index (Phi) is 6.31. The van der Waals surface area contributed by atoms with Gasteiger partial charge in [-0.05, 0) is 61.5 Å². The minimum absolute atomic E-state index is 0.235. The smallest absolute Gasteiger partial charge is 0.0709 e. The van der Waals surface area contributed by atoms with Crippen molar-refractivity contribution in [3.05, 3.63) is 108 Å². The minimum atomic E-state index is 0.235. The largest absolute Gasteiger partial charge is 0.292 e. The van der Waals surface area contributed by atoms with E-state index < -0.39 is 0 Å². The third-order valence-electron chi connectivity index (χ3n) is 5.67. The Labute approximate surface area is 168 Å². The summed E-state index contributed by atoms with van der Waals surface area (Å²) in [4.78, 5) is 7.25. The molecule has 142 valence electrons. The first-order chi connectivity index (χ1) is 13.9. The zero-order valence-electron chi connectivity index (χ0n) is 16.3. The number of piperidine rings is 1. The first kappa shape index (κ1) is 18.6. The fourth-order valence-corrected chi connectivity index (χ4v) is 4.11. The van der Waals surface area contributed by atoms with E-state index in [1.807, 2.05) is 12.3 Å². The van der Waals surface area contributed by atoms with E-state index in [0.717, 1.165) is 24.7 Å². The van der Waals surface area contributed by atoms with E-state index >= 15 is 0 Å². The Morgan fingerprint density at radius 3 is 2.21 bits per heavy atom. The van der Waals surface area contributed by atoms with E-state index in [-0.39, 0.29) is 6.04 Å². The Hall–Kier alpha value is -2.71. The zero-order chi connectivity index (χ0) is 19.0. The van der Waals surface area contributed by atoms with Gasteiger partial charge in [0.1, 0.15) is 0 Å². The van der Waals surface area contributed by atoms with Crippen LogP contribution in [0.2, 0.25) is 0 Å². The molecule has 1 fully saturated rings. The Balaban J connectivity index is 1.44. The number of aromatic nitrogens is 1. The molecule has 1 aliphatic heterocycles. The fraction of sp³-hybridized carbons (Fsp3) is 0.269. The predicted molar refractivity (Wildman–Crippen MR) is 117 cm³/mol. The molecule has 0 saturated carbocycles. The summed E-state index contributed by atoms with van der Waals surface area (Å²) in [6.07, 6.45) is 10.1. The quantitative estimate of drug-likeness (QED) is 0.547. The Morgan fingerprint density at radius 1 is 0.857 bits per heavy atom. The van der Waals surface area contributed by atoms with Crippen LogP contribution >= 0.6 is 0 Å². The van der Waals surface area contributed by atoms with Crippen LogP contribution in [0.25, 0.3) is 6.08 Å². The van der Waals surface area contributed by atoms with Crippen LogP contribution in [0, 0.1) is 5.92 Å². The van der Waals surface area contributed by atoms with Crippen molar-refractivity contribution in [2.75, 3.05) is 13.1 Å². The molecule has 1 saturated heterocycles. The molecule has 3 aromatic rings. The third-order valence-corrected chi connectivity index (χ3v) is 5.67. The van der Waals surface area contributed by atoms with Gasteiger partial charge in [0.25, 0.3) is 0 Å². The highest BCUT2D eigenvalue weighted by molar-refractivity contribution is 5.50. The third kappa shape index (κ3) is 4.96. The SMILES string of the molecule is C(=C\C(c1ccccn1)N1CCC(Cc2ccccc2)CC1)/c1ccccc1. The Morgan fingerprint density at radius 2 is 1.54 bits per heavy atom. The van der Waals surface area contributed by atoms with Gasteiger partial charge in [-0.15, -0.1) is 0 Å². The molecule has 1 aliphatic rings. The van der Waals surface area contributed by atoms with Crippen molar-refractivity contribution in [2.24, 2.45) is 5.92 Å². The molecule has 0 N–H and O–H groups in total. The van der Waals surface area contributed by atoms with Crippen molar-refractivity contribution in [3.63, 3.8) is 0 Å². The molecular formula is C26H28N2. The molecule has 2 nitrogen and oxygen atoms in total. The lowest BCUT2D eigenvalue weighted by Gasteiger charge is -2.36. The fourth-order valence-electron chi connectivity index (χ4n) is 4.11. The summed E-state index contributed by atoms with van der Waals surface area (Å²) in [6, 6.07) is 27.9. The Bertz CT molecular complexity index is 851. The number of pyridine rings is 1. The maximum Gasteiger partial charge on any atom is 0.0709 e. The number of nitrogens with zero attached hydrogens (tertiary/aromatic N) is 2. The van der Waals surface area contributed by atoms with Crippen molar-refractivity contribution in [2.45, 2.75) is 25.3 Å². The van der Waals surface area contributed by atoms with E-state index in [0.29, 0.717) is 0 Å². The van der Waals surface area contributed by atoms with Gasteiger partial charge < -0.3 is 0 Å². The van der Waals surface area contributed by atoms with Crippen molar-refractivity contribution >= 4 is 6.08 Å². The second-order valence-electron chi connectivity index (χ2n) is 7.64. The summed E-state index contributed by atoms with van der Waals surface area (Å²) in [5, 5.41) is 0. The first-order valence-corrected chi connectivity index (χ1v) is 10.3. The summed E-state index contributed by atoms with van der Waals surface area (Å²) >= 11 is 0. The predicted octanol–water partition coefficient (Wildman–Crippen LogP) is 5.79. The zero-order valence-corrected chi connectivity index (χ0v) is 16.3. The van der Waals surface area contributed by atoms with Crippen LogP contribution in [0.3, 0.4) is 0 Å². The molecule has 2 heteroatoms. The van der Waals surface area contributed by atoms with Gasteiger partial charge in [0.2, 0.25) is 0 Å². The molecule has 0 bridgehead atoms. The van der Waals surface area contributed by atoms with Crippen LogP contribution in [-0.2, 0) is 6.42 Å². The number of hydrogen-bond donors (Lipinski definition) is 0. The van der Waals surface area contributed by atoms with Gasteiger partial charge in [0.15, 0.2) is 0 Å². The molecule has 28 heavy (non-hydrogen) atoms. The lowest BCUT2D eigenvalue weighted by atomic mass is 9.89. The highest BCUT2D eigenvalue weighted by Crippen LogP contribution is 2.29. The van der Waals surface area contributed by atoms with Crippen LogP contribution in [0.1, 0.15) is 35.7 Å². The summed E-state index contributed by atoms with van der Waals surface area (Å²) in [6.45, 7) is 2.25. The average Bonchev–Trinajstić information content (AvgIpc) is 2.77. The van der Waals surface area contributed by atoms with E-state index in [1.54, 1.807) is 0 Å². The topological polar surface area (TPSA) is 16.1 Å². The summed E-state index contributed by atoms with van der Waals surface area (Å²) < 4.78 is 0. The van der Waals surface area contributed by atoms with E-state index in [1.165, 1.54) is 30.4 Å². The number of hydrogen-bond acceptors (Lipinski definition) is 2. The van der Waals surface area contributed by atoms with Gasteiger partial charge in [0.05, 0.1) is 11.7 Å². The lowest BCUT2D eigenvalue weighted by Crippen LogP contribution is -2.37. The molecule has 0 aliphatic carbocycles. The molecule has 4 rings (SSSR count). The summed E-state index contributed by atoms with van der Waals surface area (Å²) in [5.41, 5.74) is 3.84. The summed E-state index contributed by atoms with van der Waals surface area (Å²) in [5.74, 6) is 0.779. The second-order valence-corrected chi connectivity index (χ2v) is 7.64. The molecule has 0 spiro atoms. The summed E-state index contributed by atoms with van der Waals surface area (Å²) in [7, 11) is 0. The number of benzene rings is 2. The van der Waals surface area contributed by atoms with Crippen LogP contribution in [0.5, 0.6) is 0 Å².